The number of benzene rings is 1. The fourth-order valence-electron chi connectivity index (χ4n) is 3.10. The third-order valence-electron chi connectivity index (χ3n) is 4.37. The van der Waals surface area contributed by atoms with E-state index in [1.165, 1.54) is 11.8 Å². The molecule has 2 aliphatic heterocycles. The number of sulfonamides is 1. The van der Waals surface area contributed by atoms with E-state index in [4.69, 9.17) is 4.74 Å². The highest BCUT2D eigenvalue weighted by Crippen LogP contribution is 2.33. The second kappa shape index (κ2) is 5.94. The Morgan fingerprint density at radius 2 is 2.00 bits per heavy atom. The Kier molecular flexibility index (Phi) is 4.19. The zero-order valence-corrected chi connectivity index (χ0v) is 13.1. The van der Waals surface area contributed by atoms with Gasteiger partial charge in [0.2, 0.25) is 10.0 Å². The molecule has 0 saturated carbocycles. The first kappa shape index (κ1) is 14.8. The van der Waals surface area contributed by atoms with Gasteiger partial charge in [-0.05, 0) is 18.9 Å². The first-order chi connectivity index (χ1) is 10.0. The van der Waals surface area contributed by atoms with E-state index < -0.39 is 10.0 Å². The summed E-state index contributed by atoms with van der Waals surface area (Å²) in [5, 5.41) is 3.57. The van der Waals surface area contributed by atoms with Crippen molar-refractivity contribution in [3.05, 3.63) is 29.8 Å². The molecule has 6 heteroatoms. The van der Waals surface area contributed by atoms with E-state index in [2.05, 4.69) is 11.4 Å². The molecule has 1 N–H and O–H groups in total. The Morgan fingerprint density at radius 1 is 1.29 bits per heavy atom. The summed E-state index contributed by atoms with van der Waals surface area (Å²) in [7, 11) is -3.03. The summed E-state index contributed by atoms with van der Waals surface area (Å²) in [5.74, 6) is 1.39. The van der Waals surface area contributed by atoms with E-state index >= 15 is 0 Å². The first-order valence-corrected chi connectivity index (χ1v) is 9.29. The SMILES string of the molecule is CS(=O)(=O)N1CCC(NCC2COc3ccccc32)CC1. The van der Waals surface area contributed by atoms with Crippen molar-refractivity contribution in [3.8, 4) is 5.75 Å². The minimum Gasteiger partial charge on any atom is -0.493 e. The molecule has 1 aromatic rings. The van der Waals surface area contributed by atoms with Gasteiger partial charge in [0.1, 0.15) is 5.75 Å². The molecular weight excluding hydrogens is 288 g/mol. The van der Waals surface area contributed by atoms with Crippen LogP contribution in [0.25, 0.3) is 0 Å². The van der Waals surface area contributed by atoms with Crippen molar-refractivity contribution in [2.45, 2.75) is 24.8 Å². The normalized spacial score (nSPS) is 23.8. The zero-order valence-electron chi connectivity index (χ0n) is 12.3. The van der Waals surface area contributed by atoms with Gasteiger partial charge in [0.05, 0.1) is 12.9 Å². The molecule has 116 valence electrons. The fourth-order valence-corrected chi connectivity index (χ4v) is 3.97. The molecule has 0 spiro atoms. The van der Waals surface area contributed by atoms with Crippen LogP contribution in [0, 0.1) is 0 Å². The lowest BCUT2D eigenvalue weighted by Crippen LogP contribution is -2.45. The van der Waals surface area contributed by atoms with Gasteiger partial charge in [-0.25, -0.2) is 12.7 Å². The van der Waals surface area contributed by atoms with Crippen LogP contribution < -0.4 is 10.1 Å². The van der Waals surface area contributed by atoms with Crippen LogP contribution in [0.1, 0.15) is 24.3 Å². The van der Waals surface area contributed by atoms with Crippen molar-refractivity contribution in [1.82, 2.24) is 9.62 Å². The lowest BCUT2D eigenvalue weighted by Gasteiger charge is -2.31. The lowest BCUT2D eigenvalue weighted by molar-refractivity contribution is 0.277. The largest absolute Gasteiger partial charge is 0.493 e. The van der Waals surface area contributed by atoms with Crippen LogP contribution in [0.4, 0.5) is 0 Å². The molecule has 0 radical (unpaired) electrons. The lowest BCUT2D eigenvalue weighted by atomic mass is 10.00. The fraction of sp³-hybridized carbons (Fsp3) is 0.600. The Bertz CT molecular complexity index is 595. The molecule has 0 aromatic heterocycles. The van der Waals surface area contributed by atoms with Gasteiger partial charge in [-0.3, -0.25) is 0 Å². The molecule has 5 nitrogen and oxygen atoms in total. The summed E-state index contributed by atoms with van der Waals surface area (Å²) >= 11 is 0. The topological polar surface area (TPSA) is 58.6 Å². The molecule has 2 heterocycles. The summed E-state index contributed by atoms with van der Waals surface area (Å²) < 4.78 is 30.2. The molecule has 0 amide bonds. The van der Waals surface area contributed by atoms with Crippen LogP contribution in [-0.2, 0) is 10.0 Å². The minimum absolute atomic E-state index is 0.397. The summed E-state index contributed by atoms with van der Waals surface area (Å²) in [6, 6.07) is 8.58. The number of rotatable bonds is 4. The monoisotopic (exact) mass is 310 g/mol. The average molecular weight is 310 g/mol. The predicted molar refractivity (Wildman–Crippen MR) is 82.1 cm³/mol. The molecule has 0 bridgehead atoms. The summed E-state index contributed by atoms with van der Waals surface area (Å²) in [6.45, 7) is 2.86. The van der Waals surface area contributed by atoms with Gasteiger partial charge < -0.3 is 10.1 Å². The maximum atomic E-state index is 11.5. The highest BCUT2D eigenvalue weighted by Gasteiger charge is 2.27. The molecule has 1 unspecified atom stereocenters. The van der Waals surface area contributed by atoms with Crippen molar-refractivity contribution >= 4 is 10.0 Å². The molecular formula is C15H22N2O3S. The maximum absolute atomic E-state index is 11.5. The van der Waals surface area contributed by atoms with Crippen LogP contribution in [0.2, 0.25) is 0 Å². The number of fused-ring (bicyclic) bond motifs is 1. The Morgan fingerprint density at radius 3 is 2.71 bits per heavy atom. The molecule has 1 fully saturated rings. The molecule has 1 saturated heterocycles. The molecule has 0 aliphatic carbocycles. The van der Waals surface area contributed by atoms with E-state index in [1.54, 1.807) is 4.31 Å². The smallest absolute Gasteiger partial charge is 0.211 e. The third kappa shape index (κ3) is 3.39. The van der Waals surface area contributed by atoms with Crippen molar-refractivity contribution < 1.29 is 13.2 Å². The Balaban J connectivity index is 1.50. The van der Waals surface area contributed by atoms with Crippen LogP contribution in [0.5, 0.6) is 5.75 Å². The number of ether oxygens (including phenoxy) is 1. The van der Waals surface area contributed by atoms with Crippen LogP contribution in [0.15, 0.2) is 24.3 Å². The van der Waals surface area contributed by atoms with Gasteiger partial charge in [-0.15, -0.1) is 0 Å². The van der Waals surface area contributed by atoms with E-state index in [-0.39, 0.29) is 0 Å². The second-order valence-electron chi connectivity index (χ2n) is 5.89. The number of nitrogens with one attached hydrogen (secondary N) is 1. The van der Waals surface area contributed by atoms with E-state index in [1.807, 2.05) is 18.2 Å². The number of nitrogens with zero attached hydrogens (tertiary/aromatic N) is 1. The van der Waals surface area contributed by atoms with Crippen LogP contribution in [-0.4, -0.2) is 51.3 Å². The quantitative estimate of drug-likeness (QED) is 0.907. The highest BCUT2D eigenvalue weighted by atomic mass is 32.2. The standard InChI is InChI=1S/C15H22N2O3S/c1-21(18,19)17-8-6-13(7-9-17)16-10-12-11-20-15-5-3-2-4-14(12)15/h2-5,12-13,16H,6-11H2,1H3. The summed E-state index contributed by atoms with van der Waals surface area (Å²) in [6.07, 6.45) is 3.04. The Labute approximate surface area is 126 Å². The Hall–Kier alpha value is -1.11. The predicted octanol–water partition coefficient (Wildman–Crippen LogP) is 1.18. The van der Waals surface area contributed by atoms with Crippen molar-refractivity contribution in [3.63, 3.8) is 0 Å². The van der Waals surface area contributed by atoms with E-state index in [9.17, 15) is 8.42 Å². The van der Waals surface area contributed by atoms with E-state index in [0.29, 0.717) is 25.0 Å². The van der Waals surface area contributed by atoms with Crippen molar-refractivity contribution in [2.24, 2.45) is 0 Å². The van der Waals surface area contributed by atoms with Gasteiger partial charge in [-0.2, -0.15) is 0 Å². The molecule has 1 aromatic carbocycles. The van der Waals surface area contributed by atoms with Gasteiger partial charge >= 0.3 is 0 Å². The molecule has 1 atom stereocenters. The van der Waals surface area contributed by atoms with Gasteiger partial charge in [0.15, 0.2) is 0 Å². The number of hydrogen-bond donors (Lipinski definition) is 1. The van der Waals surface area contributed by atoms with Gasteiger partial charge in [-0.1, -0.05) is 18.2 Å². The summed E-state index contributed by atoms with van der Waals surface area (Å²) in [5.41, 5.74) is 1.28. The zero-order chi connectivity index (χ0) is 14.9. The van der Waals surface area contributed by atoms with Crippen LogP contribution >= 0.6 is 0 Å². The molecule has 2 aliphatic rings. The first-order valence-electron chi connectivity index (χ1n) is 7.44. The van der Waals surface area contributed by atoms with Gasteiger partial charge in [0, 0.05) is 37.2 Å². The maximum Gasteiger partial charge on any atom is 0.211 e. The molecule has 21 heavy (non-hydrogen) atoms. The molecule has 3 rings (SSSR count). The highest BCUT2D eigenvalue weighted by molar-refractivity contribution is 7.88. The average Bonchev–Trinajstić information content (AvgIpc) is 2.88. The van der Waals surface area contributed by atoms with Crippen molar-refractivity contribution in [2.75, 3.05) is 32.5 Å². The van der Waals surface area contributed by atoms with Crippen LogP contribution in [0.3, 0.4) is 0 Å². The second-order valence-corrected chi connectivity index (χ2v) is 7.87. The number of piperidine rings is 1. The van der Waals surface area contributed by atoms with E-state index in [0.717, 1.165) is 31.7 Å². The third-order valence-corrected chi connectivity index (χ3v) is 5.68. The number of para-hydroxylation sites is 1. The minimum atomic E-state index is -3.03. The number of hydrogen-bond acceptors (Lipinski definition) is 4. The summed E-state index contributed by atoms with van der Waals surface area (Å²) in [4.78, 5) is 0. The van der Waals surface area contributed by atoms with Crippen molar-refractivity contribution in [1.29, 1.82) is 0 Å². The van der Waals surface area contributed by atoms with Gasteiger partial charge in [0.25, 0.3) is 0 Å².